The molecule has 0 aliphatic heterocycles. The maximum Gasteiger partial charge on any atom is 0.263 e. The van der Waals surface area contributed by atoms with Crippen LogP contribution in [0, 0.1) is 5.92 Å². The van der Waals surface area contributed by atoms with Crippen LogP contribution in [0.3, 0.4) is 0 Å². The van der Waals surface area contributed by atoms with Gasteiger partial charge >= 0.3 is 0 Å². The predicted octanol–water partition coefficient (Wildman–Crippen LogP) is 4.05. The van der Waals surface area contributed by atoms with Gasteiger partial charge in [0.25, 0.3) is 5.91 Å². The average molecular weight is 330 g/mol. The van der Waals surface area contributed by atoms with E-state index in [0.29, 0.717) is 6.54 Å². The zero-order chi connectivity index (χ0) is 17.6. The highest BCUT2D eigenvalue weighted by atomic mass is 16.6. The van der Waals surface area contributed by atoms with Crippen molar-refractivity contribution in [3.05, 3.63) is 35.9 Å². The summed E-state index contributed by atoms with van der Waals surface area (Å²) in [6, 6.07) is 10.6. The Balaban J connectivity index is 2.04. The smallest absolute Gasteiger partial charge is 0.263 e. The molecule has 0 spiro atoms. The van der Waals surface area contributed by atoms with E-state index in [9.17, 15) is 4.79 Å². The largest absolute Gasteiger partial charge is 0.383 e. The van der Waals surface area contributed by atoms with Crippen molar-refractivity contribution in [1.82, 2.24) is 5.32 Å². The SMILES string of the molecule is CC(C)=NOC(C)C(=O)NCC1(c2ccccc2)CCC(C)CC1. The van der Waals surface area contributed by atoms with Crippen molar-refractivity contribution < 1.29 is 9.63 Å². The summed E-state index contributed by atoms with van der Waals surface area (Å²) in [6.45, 7) is 8.40. The summed E-state index contributed by atoms with van der Waals surface area (Å²) in [5.41, 5.74) is 2.16. The second-order valence-corrected chi connectivity index (χ2v) is 7.33. The third kappa shape index (κ3) is 4.83. The molecular formula is C20H30N2O2. The number of rotatable bonds is 6. The van der Waals surface area contributed by atoms with E-state index in [1.54, 1.807) is 6.92 Å². The maximum absolute atomic E-state index is 12.3. The molecule has 0 radical (unpaired) electrons. The average Bonchev–Trinajstić information content (AvgIpc) is 2.60. The summed E-state index contributed by atoms with van der Waals surface area (Å²) in [6.07, 6.45) is 4.06. The van der Waals surface area contributed by atoms with Crippen molar-refractivity contribution in [3.63, 3.8) is 0 Å². The van der Waals surface area contributed by atoms with Crippen LogP contribution in [-0.2, 0) is 15.0 Å². The van der Waals surface area contributed by atoms with Crippen molar-refractivity contribution in [2.45, 2.75) is 64.9 Å². The summed E-state index contributed by atoms with van der Waals surface area (Å²) in [4.78, 5) is 17.6. The highest BCUT2D eigenvalue weighted by Crippen LogP contribution is 2.41. The molecule has 1 unspecified atom stereocenters. The number of nitrogens with one attached hydrogen (secondary N) is 1. The molecule has 1 aliphatic rings. The number of oxime groups is 1. The molecule has 1 aromatic rings. The van der Waals surface area contributed by atoms with Crippen LogP contribution >= 0.6 is 0 Å². The number of carbonyl (C=O) groups excluding carboxylic acids is 1. The van der Waals surface area contributed by atoms with Crippen molar-refractivity contribution in [2.24, 2.45) is 11.1 Å². The van der Waals surface area contributed by atoms with Crippen molar-refractivity contribution in [1.29, 1.82) is 0 Å². The number of carbonyl (C=O) groups is 1. The first kappa shape index (κ1) is 18.5. The third-order valence-electron chi connectivity index (χ3n) is 4.98. The van der Waals surface area contributed by atoms with Gasteiger partial charge in [0.05, 0.1) is 5.71 Å². The first-order valence-corrected chi connectivity index (χ1v) is 8.93. The van der Waals surface area contributed by atoms with Crippen LogP contribution < -0.4 is 5.32 Å². The van der Waals surface area contributed by atoms with E-state index in [0.717, 1.165) is 24.5 Å². The molecule has 1 aliphatic carbocycles. The number of amides is 1. The Morgan fingerprint density at radius 1 is 1.29 bits per heavy atom. The highest BCUT2D eigenvalue weighted by molar-refractivity contribution is 5.81. The van der Waals surface area contributed by atoms with Gasteiger partial charge in [0.2, 0.25) is 6.10 Å². The first-order chi connectivity index (χ1) is 11.4. The molecule has 1 atom stereocenters. The molecule has 0 bridgehead atoms. The summed E-state index contributed by atoms with van der Waals surface area (Å²) in [7, 11) is 0. The lowest BCUT2D eigenvalue weighted by molar-refractivity contribution is -0.132. The highest BCUT2D eigenvalue weighted by Gasteiger charge is 2.36. The van der Waals surface area contributed by atoms with Gasteiger partial charge < -0.3 is 10.2 Å². The molecule has 2 rings (SSSR count). The first-order valence-electron chi connectivity index (χ1n) is 8.93. The second-order valence-electron chi connectivity index (χ2n) is 7.33. The summed E-state index contributed by atoms with van der Waals surface area (Å²) < 4.78 is 0. The molecule has 1 fully saturated rings. The van der Waals surface area contributed by atoms with Crippen molar-refractivity contribution >= 4 is 11.6 Å². The van der Waals surface area contributed by atoms with Gasteiger partial charge in [0.15, 0.2) is 0 Å². The van der Waals surface area contributed by atoms with Crippen LogP contribution in [0.2, 0.25) is 0 Å². The van der Waals surface area contributed by atoms with E-state index >= 15 is 0 Å². The Kier molecular flexibility index (Phi) is 6.41. The standard InChI is InChI=1S/C20H30N2O2/c1-15(2)22-24-17(4)19(23)21-14-20(12-10-16(3)11-13-20)18-8-6-5-7-9-18/h5-9,16-17H,10-14H2,1-4H3,(H,21,23). The summed E-state index contributed by atoms with van der Waals surface area (Å²) in [5, 5.41) is 6.98. The molecule has 1 amide bonds. The van der Waals surface area contributed by atoms with Gasteiger partial charge in [-0.15, -0.1) is 0 Å². The molecule has 0 saturated heterocycles. The Labute approximate surface area is 145 Å². The van der Waals surface area contributed by atoms with Crippen LogP contribution in [-0.4, -0.2) is 24.3 Å². The normalized spacial score (nSPS) is 24.8. The van der Waals surface area contributed by atoms with Gasteiger partial charge in [0, 0.05) is 12.0 Å². The van der Waals surface area contributed by atoms with Crippen LogP contribution in [0.5, 0.6) is 0 Å². The minimum Gasteiger partial charge on any atom is -0.383 e. The lowest BCUT2D eigenvalue weighted by atomic mass is 9.67. The number of hydrogen-bond donors (Lipinski definition) is 1. The van der Waals surface area contributed by atoms with Gasteiger partial charge in [-0.25, -0.2) is 0 Å². The monoisotopic (exact) mass is 330 g/mol. The quantitative estimate of drug-likeness (QED) is 0.632. The summed E-state index contributed by atoms with van der Waals surface area (Å²) >= 11 is 0. The lowest BCUT2D eigenvalue weighted by Crippen LogP contribution is -2.45. The lowest BCUT2D eigenvalue weighted by Gasteiger charge is -2.40. The third-order valence-corrected chi connectivity index (χ3v) is 4.98. The van der Waals surface area contributed by atoms with E-state index in [-0.39, 0.29) is 11.3 Å². The van der Waals surface area contributed by atoms with Gasteiger partial charge in [-0.1, -0.05) is 42.4 Å². The summed E-state index contributed by atoms with van der Waals surface area (Å²) in [5.74, 6) is 0.663. The van der Waals surface area contributed by atoms with E-state index < -0.39 is 6.10 Å². The van der Waals surface area contributed by atoms with E-state index in [4.69, 9.17) is 4.84 Å². The minimum atomic E-state index is -0.574. The van der Waals surface area contributed by atoms with Crippen molar-refractivity contribution in [2.75, 3.05) is 6.54 Å². The predicted molar refractivity (Wildman–Crippen MR) is 98.1 cm³/mol. The molecule has 4 nitrogen and oxygen atoms in total. The molecule has 24 heavy (non-hydrogen) atoms. The molecule has 1 N–H and O–H groups in total. The second kappa shape index (κ2) is 8.32. The molecular weight excluding hydrogens is 300 g/mol. The molecule has 1 aromatic carbocycles. The molecule has 0 aromatic heterocycles. The van der Waals surface area contributed by atoms with Crippen LogP contribution in [0.15, 0.2) is 35.5 Å². The van der Waals surface area contributed by atoms with E-state index in [2.05, 4.69) is 41.7 Å². The van der Waals surface area contributed by atoms with Gasteiger partial charge in [-0.3, -0.25) is 4.79 Å². The van der Waals surface area contributed by atoms with Crippen LogP contribution in [0.4, 0.5) is 0 Å². The topological polar surface area (TPSA) is 50.7 Å². The van der Waals surface area contributed by atoms with Gasteiger partial charge in [-0.2, -0.15) is 0 Å². The van der Waals surface area contributed by atoms with Crippen LogP contribution in [0.25, 0.3) is 0 Å². The number of hydrogen-bond acceptors (Lipinski definition) is 3. The minimum absolute atomic E-state index is 0.0348. The van der Waals surface area contributed by atoms with E-state index in [1.165, 1.54) is 18.4 Å². The molecule has 132 valence electrons. The van der Waals surface area contributed by atoms with E-state index in [1.807, 2.05) is 19.9 Å². The Morgan fingerprint density at radius 2 is 1.92 bits per heavy atom. The number of nitrogens with zero attached hydrogens (tertiary/aromatic N) is 1. The molecule has 1 saturated carbocycles. The fourth-order valence-electron chi connectivity index (χ4n) is 3.31. The Morgan fingerprint density at radius 3 is 2.50 bits per heavy atom. The maximum atomic E-state index is 12.3. The molecule has 4 heteroatoms. The number of benzene rings is 1. The van der Waals surface area contributed by atoms with Gasteiger partial charge in [0.1, 0.15) is 0 Å². The Bertz CT molecular complexity index is 556. The fourth-order valence-corrected chi connectivity index (χ4v) is 3.31. The van der Waals surface area contributed by atoms with Gasteiger partial charge in [-0.05, 0) is 57.9 Å². The fraction of sp³-hybridized carbons (Fsp3) is 0.600. The zero-order valence-electron chi connectivity index (χ0n) is 15.3. The van der Waals surface area contributed by atoms with Crippen molar-refractivity contribution in [3.8, 4) is 0 Å². The molecule has 0 heterocycles. The zero-order valence-corrected chi connectivity index (χ0v) is 15.3. The van der Waals surface area contributed by atoms with Crippen LogP contribution in [0.1, 0.15) is 58.9 Å². The Hall–Kier alpha value is -1.84.